The molecular weight excluding hydrogens is 350 g/mol. The lowest BCUT2D eigenvalue weighted by Gasteiger charge is -2.14. The Bertz CT molecular complexity index is 524. The van der Waals surface area contributed by atoms with Gasteiger partial charge in [0.15, 0.2) is 0 Å². The molecule has 19 heavy (non-hydrogen) atoms. The Morgan fingerprint density at radius 1 is 1.42 bits per heavy atom. The molecule has 5 nitrogen and oxygen atoms in total. The Morgan fingerprint density at radius 3 is 2.68 bits per heavy atom. The van der Waals surface area contributed by atoms with Gasteiger partial charge in [0, 0.05) is 24.5 Å². The Hall–Kier alpha value is 0.01000. The number of nitrogens with two attached hydrogens (primary N) is 1. The Labute approximate surface area is 126 Å². The van der Waals surface area contributed by atoms with Crippen LogP contribution in [0.3, 0.4) is 0 Å². The molecule has 1 aliphatic heterocycles. The quantitative estimate of drug-likeness (QED) is 0.795. The minimum Gasteiger partial charge on any atom is -0.326 e. The highest BCUT2D eigenvalue weighted by atomic mass is 79.9. The number of hydrogen-bond donors (Lipinski definition) is 2. The van der Waals surface area contributed by atoms with Crippen molar-refractivity contribution in [1.82, 2.24) is 9.62 Å². The van der Waals surface area contributed by atoms with Crippen molar-refractivity contribution >= 4 is 37.3 Å². The molecule has 3 N–H and O–H groups in total. The molecule has 0 unspecified atom stereocenters. The maximum Gasteiger partial charge on any atom is 0.242 e. The fraction of sp³-hybridized carbons (Fsp3) is 0.636. The van der Waals surface area contributed by atoms with E-state index in [1.165, 1.54) is 24.2 Å². The zero-order valence-electron chi connectivity index (χ0n) is 10.6. The number of halogens is 1. The molecule has 1 fully saturated rings. The lowest BCUT2D eigenvalue weighted by Crippen LogP contribution is -2.33. The number of thiophene rings is 1. The number of rotatable bonds is 6. The van der Waals surface area contributed by atoms with E-state index in [9.17, 15) is 8.42 Å². The van der Waals surface area contributed by atoms with Gasteiger partial charge in [-0.05, 0) is 47.9 Å². The van der Waals surface area contributed by atoms with E-state index >= 15 is 0 Å². The maximum atomic E-state index is 12.2. The smallest absolute Gasteiger partial charge is 0.242 e. The summed E-state index contributed by atoms with van der Waals surface area (Å²) in [6.07, 6.45) is 2.42. The number of hydrogen-bond acceptors (Lipinski definition) is 5. The number of sulfonamides is 1. The second kappa shape index (κ2) is 6.64. The van der Waals surface area contributed by atoms with Crippen molar-refractivity contribution in [3.63, 3.8) is 0 Å². The Morgan fingerprint density at radius 2 is 2.11 bits per heavy atom. The first-order chi connectivity index (χ1) is 9.03. The molecule has 0 spiro atoms. The van der Waals surface area contributed by atoms with Crippen LogP contribution in [-0.2, 0) is 16.6 Å². The number of likely N-dealkylation sites (tertiary alicyclic amines) is 1. The van der Waals surface area contributed by atoms with E-state index in [4.69, 9.17) is 5.73 Å². The topological polar surface area (TPSA) is 75.4 Å². The Kier molecular flexibility index (Phi) is 5.38. The molecule has 1 aliphatic rings. The number of nitrogens with zero attached hydrogens (tertiary/aromatic N) is 1. The monoisotopic (exact) mass is 367 g/mol. The van der Waals surface area contributed by atoms with Crippen LogP contribution in [-0.4, -0.2) is 39.5 Å². The van der Waals surface area contributed by atoms with Crippen molar-refractivity contribution in [2.75, 3.05) is 26.2 Å². The summed E-state index contributed by atoms with van der Waals surface area (Å²) in [6.45, 7) is 3.71. The molecule has 8 heteroatoms. The van der Waals surface area contributed by atoms with Gasteiger partial charge in [-0.3, -0.25) is 0 Å². The molecule has 2 rings (SSSR count). The Balaban J connectivity index is 1.95. The van der Waals surface area contributed by atoms with Crippen LogP contribution in [0.1, 0.15) is 17.7 Å². The summed E-state index contributed by atoms with van der Waals surface area (Å²) >= 11 is 4.65. The molecule has 1 aromatic rings. The highest BCUT2D eigenvalue weighted by Gasteiger charge is 2.21. The summed E-state index contributed by atoms with van der Waals surface area (Å²) in [6, 6.07) is 1.63. The van der Waals surface area contributed by atoms with Gasteiger partial charge in [0.05, 0.1) is 3.79 Å². The molecule has 0 bridgehead atoms. The molecule has 1 aromatic heterocycles. The lowest BCUT2D eigenvalue weighted by atomic mass is 10.4. The molecule has 0 amide bonds. The lowest BCUT2D eigenvalue weighted by molar-refractivity contribution is 0.344. The zero-order chi connectivity index (χ0) is 13.9. The van der Waals surface area contributed by atoms with Crippen molar-refractivity contribution in [3.05, 3.63) is 14.7 Å². The molecule has 0 atom stereocenters. The predicted molar refractivity (Wildman–Crippen MR) is 80.8 cm³/mol. The van der Waals surface area contributed by atoms with Gasteiger partial charge in [-0.25, -0.2) is 13.1 Å². The average molecular weight is 368 g/mol. The normalized spacial score (nSPS) is 17.2. The summed E-state index contributed by atoms with van der Waals surface area (Å²) in [5.41, 5.74) is 5.53. The van der Waals surface area contributed by atoms with Gasteiger partial charge in [0.25, 0.3) is 0 Å². The maximum absolute atomic E-state index is 12.2. The third-order valence-electron chi connectivity index (χ3n) is 3.12. The first-order valence-electron chi connectivity index (χ1n) is 6.23. The van der Waals surface area contributed by atoms with Gasteiger partial charge in [0.1, 0.15) is 4.90 Å². The van der Waals surface area contributed by atoms with Gasteiger partial charge < -0.3 is 10.6 Å². The summed E-state index contributed by atoms with van der Waals surface area (Å²) < 4.78 is 27.6. The predicted octanol–water partition coefficient (Wildman–Crippen LogP) is 1.34. The van der Waals surface area contributed by atoms with Crippen LogP contribution in [0, 0.1) is 0 Å². The molecule has 0 aliphatic carbocycles. The summed E-state index contributed by atoms with van der Waals surface area (Å²) in [7, 11) is -3.44. The third kappa shape index (κ3) is 3.99. The van der Waals surface area contributed by atoms with E-state index in [0.29, 0.717) is 21.8 Å². The molecule has 2 heterocycles. The number of nitrogens with one attached hydrogen (secondary N) is 1. The molecule has 0 saturated carbocycles. The minimum absolute atomic E-state index is 0.291. The van der Waals surface area contributed by atoms with E-state index in [1.807, 2.05) is 0 Å². The summed E-state index contributed by atoms with van der Waals surface area (Å²) in [4.78, 5) is 3.42. The first kappa shape index (κ1) is 15.4. The first-order valence-corrected chi connectivity index (χ1v) is 9.32. The van der Waals surface area contributed by atoms with Crippen molar-refractivity contribution in [2.45, 2.75) is 24.3 Å². The highest BCUT2D eigenvalue weighted by molar-refractivity contribution is 9.11. The SMILES string of the molecule is NCc1cc(S(=O)(=O)NCCN2CCCC2)c(Br)s1. The third-order valence-corrected chi connectivity index (χ3v) is 6.85. The van der Waals surface area contributed by atoms with Crippen molar-refractivity contribution in [2.24, 2.45) is 5.73 Å². The second-order valence-electron chi connectivity index (χ2n) is 4.50. The minimum atomic E-state index is -3.44. The van der Waals surface area contributed by atoms with Crippen molar-refractivity contribution < 1.29 is 8.42 Å². The summed E-state index contributed by atoms with van der Waals surface area (Å²) in [5, 5.41) is 0. The fourth-order valence-electron chi connectivity index (χ4n) is 2.10. The van der Waals surface area contributed by atoms with Crippen LogP contribution in [0.2, 0.25) is 0 Å². The van der Waals surface area contributed by atoms with Gasteiger partial charge in [-0.1, -0.05) is 0 Å². The van der Waals surface area contributed by atoms with Crippen molar-refractivity contribution in [3.8, 4) is 0 Å². The van der Waals surface area contributed by atoms with E-state index in [2.05, 4.69) is 25.6 Å². The average Bonchev–Trinajstić information content (AvgIpc) is 2.98. The van der Waals surface area contributed by atoms with Crippen molar-refractivity contribution in [1.29, 1.82) is 0 Å². The molecule has 0 aromatic carbocycles. The standard InChI is InChI=1S/C11H18BrN3O2S2/c12-11-10(7-9(8-13)18-11)19(16,17)14-3-6-15-4-1-2-5-15/h7,14H,1-6,8,13H2. The van der Waals surface area contributed by atoms with E-state index in [1.54, 1.807) is 6.07 Å². The van der Waals surface area contributed by atoms with E-state index in [-0.39, 0.29) is 0 Å². The van der Waals surface area contributed by atoms with E-state index in [0.717, 1.165) is 24.5 Å². The van der Waals surface area contributed by atoms with E-state index < -0.39 is 10.0 Å². The van der Waals surface area contributed by atoms with Gasteiger partial charge >= 0.3 is 0 Å². The van der Waals surface area contributed by atoms with Crippen LogP contribution in [0.15, 0.2) is 14.7 Å². The molecule has 0 radical (unpaired) electrons. The van der Waals surface area contributed by atoms with Gasteiger partial charge in [-0.2, -0.15) is 0 Å². The molecular formula is C11H18BrN3O2S2. The van der Waals surface area contributed by atoms with Gasteiger partial charge in [0.2, 0.25) is 10.0 Å². The van der Waals surface area contributed by atoms with Crippen LogP contribution < -0.4 is 10.5 Å². The van der Waals surface area contributed by atoms with Crippen LogP contribution in [0.4, 0.5) is 0 Å². The second-order valence-corrected chi connectivity index (χ2v) is 8.69. The van der Waals surface area contributed by atoms with Crippen LogP contribution in [0.5, 0.6) is 0 Å². The zero-order valence-corrected chi connectivity index (χ0v) is 13.8. The molecule has 108 valence electrons. The van der Waals surface area contributed by atoms with Crippen LogP contribution >= 0.6 is 27.3 Å². The fourth-order valence-corrected chi connectivity index (χ4v) is 5.68. The highest BCUT2D eigenvalue weighted by Crippen LogP contribution is 2.31. The largest absolute Gasteiger partial charge is 0.326 e. The summed E-state index contributed by atoms with van der Waals surface area (Å²) in [5.74, 6) is 0. The van der Waals surface area contributed by atoms with Crippen LogP contribution in [0.25, 0.3) is 0 Å². The van der Waals surface area contributed by atoms with Gasteiger partial charge in [-0.15, -0.1) is 11.3 Å². The molecule has 1 saturated heterocycles.